The third-order valence-electron chi connectivity index (χ3n) is 3.57. The molecule has 2 N–H and O–H groups in total. The van der Waals surface area contributed by atoms with E-state index in [2.05, 4.69) is 16.0 Å². The Hall–Kier alpha value is -3.19. The molecule has 4 heteroatoms. The lowest BCUT2D eigenvalue weighted by Gasteiger charge is -2.11. The molecule has 22 heavy (non-hydrogen) atoms. The lowest BCUT2D eigenvalue weighted by molar-refractivity contribution is 1.28. The molecule has 0 atom stereocenters. The number of aryl methyl sites for hydroxylation is 1. The van der Waals surface area contributed by atoms with Crippen molar-refractivity contribution in [1.29, 1.82) is 5.26 Å². The molecule has 0 radical (unpaired) electrons. The van der Waals surface area contributed by atoms with Crippen LogP contribution in [-0.4, -0.2) is 9.97 Å². The average Bonchev–Trinajstić information content (AvgIpc) is 2.55. The maximum absolute atomic E-state index is 9.39. The fourth-order valence-corrected chi connectivity index (χ4v) is 2.44. The molecule has 0 aliphatic carbocycles. The third-order valence-corrected chi connectivity index (χ3v) is 3.57. The highest BCUT2D eigenvalue weighted by atomic mass is 14.8. The molecule has 0 unspecified atom stereocenters. The van der Waals surface area contributed by atoms with E-state index < -0.39 is 0 Å². The molecule has 0 aliphatic rings. The Bertz CT molecular complexity index is 864. The number of benzene rings is 1. The van der Waals surface area contributed by atoms with Gasteiger partial charge in [0, 0.05) is 23.5 Å². The van der Waals surface area contributed by atoms with Crippen molar-refractivity contribution in [2.24, 2.45) is 0 Å². The van der Waals surface area contributed by atoms with E-state index in [4.69, 9.17) is 5.73 Å². The van der Waals surface area contributed by atoms with Gasteiger partial charge in [0.1, 0.15) is 17.5 Å². The van der Waals surface area contributed by atoms with Gasteiger partial charge in [-0.2, -0.15) is 5.26 Å². The highest BCUT2D eigenvalue weighted by Gasteiger charge is 2.14. The van der Waals surface area contributed by atoms with Crippen molar-refractivity contribution in [2.45, 2.75) is 6.92 Å². The number of anilines is 1. The van der Waals surface area contributed by atoms with E-state index in [1.54, 1.807) is 12.4 Å². The Morgan fingerprint density at radius 2 is 1.77 bits per heavy atom. The van der Waals surface area contributed by atoms with Crippen LogP contribution in [0.3, 0.4) is 0 Å². The van der Waals surface area contributed by atoms with Crippen LogP contribution in [0.15, 0.2) is 54.9 Å². The highest BCUT2D eigenvalue weighted by Crippen LogP contribution is 2.31. The van der Waals surface area contributed by atoms with Gasteiger partial charge in [0.2, 0.25) is 0 Å². The highest BCUT2D eigenvalue weighted by molar-refractivity contribution is 5.80. The molecule has 0 saturated carbocycles. The van der Waals surface area contributed by atoms with Crippen LogP contribution in [0.5, 0.6) is 0 Å². The van der Waals surface area contributed by atoms with E-state index in [1.165, 1.54) is 0 Å². The summed E-state index contributed by atoms with van der Waals surface area (Å²) in [7, 11) is 0. The molecule has 106 valence electrons. The number of nitriles is 1. The molecule has 0 saturated heterocycles. The minimum absolute atomic E-state index is 0.245. The van der Waals surface area contributed by atoms with Crippen molar-refractivity contribution < 1.29 is 0 Å². The smallest absolute Gasteiger partial charge is 0.142 e. The zero-order chi connectivity index (χ0) is 15.5. The Balaban J connectivity index is 2.27. The van der Waals surface area contributed by atoms with Crippen LogP contribution in [0, 0.1) is 18.3 Å². The number of hydrogen-bond acceptors (Lipinski definition) is 4. The molecule has 2 heterocycles. The van der Waals surface area contributed by atoms with E-state index in [0.717, 1.165) is 27.9 Å². The predicted octanol–water partition coefficient (Wildman–Crippen LogP) is 3.57. The van der Waals surface area contributed by atoms with E-state index in [-0.39, 0.29) is 5.82 Å². The van der Waals surface area contributed by atoms with Crippen molar-refractivity contribution in [2.75, 3.05) is 5.73 Å². The van der Waals surface area contributed by atoms with Gasteiger partial charge in [0.15, 0.2) is 0 Å². The van der Waals surface area contributed by atoms with Crippen molar-refractivity contribution >= 4 is 5.82 Å². The van der Waals surface area contributed by atoms with E-state index in [0.29, 0.717) is 5.56 Å². The summed E-state index contributed by atoms with van der Waals surface area (Å²) in [5.74, 6) is 0.245. The van der Waals surface area contributed by atoms with Crippen LogP contribution in [0.1, 0.15) is 11.1 Å². The van der Waals surface area contributed by atoms with Gasteiger partial charge in [-0.1, -0.05) is 24.3 Å². The number of nitrogens with two attached hydrogens (primary N) is 1. The zero-order valence-electron chi connectivity index (χ0n) is 12.1. The number of hydrogen-bond donors (Lipinski definition) is 1. The zero-order valence-corrected chi connectivity index (χ0v) is 12.1. The first kappa shape index (κ1) is 13.8. The van der Waals surface area contributed by atoms with Crippen molar-refractivity contribution in [3.8, 4) is 28.5 Å². The lowest BCUT2D eigenvalue weighted by Crippen LogP contribution is -2.00. The molecular weight excluding hydrogens is 272 g/mol. The molecule has 0 bridgehead atoms. The fourth-order valence-electron chi connectivity index (χ4n) is 2.44. The van der Waals surface area contributed by atoms with Crippen LogP contribution in [0.25, 0.3) is 22.4 Å². The molecule has 0 spiro atoms. The Morgan fingerprint density at radius 3 is 2.45 bits per heavy atom. The molecule has 1 aromatic carbocycles. The minimum atomic E-state index is 0.245. The van der Waals surface area contributed by atoms with Gasteiger partial charge in [-0.05, 0) is 36.2 Å². The van der Waals surface area contributed by atoms with E-state index in [1.807, 2.05) is 49.4 Å². The number of aromatic nitrogens is 2. The molecule has 4 nitrogen and oxygen atoms in total. The van der Waals surface area contributed by atoms with Crippen LogP contribution in [-0.2, 0) is 0 Å². The van der Waals surface area contributed by atoms with Gasteiger partial charge in [-0.25, -0.2) is 4.98 Å². The second-order valence-corrected chi connectivity index (χ2v) is 4.98. The van der Waals surface area contributed by atoms with Crippen LogP contribution in [0.4, 0.5) is 5.82 Å². The summed E-state index contributed by atoms with van der Waals surface area (Å²) >= 11 is 0. The standard InChI is InChI=1S/C18H14N4/c1-12-4-2-3-5-14(12)17-10-15(13-6-8-21-9-7-13)16(11-19)18(20)22-17/h2-10H,1H3,(H2,20,22). The predicted molar refractivity (Wildman–Crippen MR) is 86.8 cm³/mol. The fraction of sp³-hybridized carbons (Fsp3) is 0.0556. The Labute approximate surface area is 128 Å². The van der Waals surface area contributed by atoms with Gasteiger partial charge in [-0.3, -0.25) is 4.98 Å². The second kappa shape index (κ2) is 5.66. The summed E-state index contributed by atoms with van der Waals surface area (Å²) in [6.45, 7) is 2.03. The molecule has 0 fully saturated rings. The SMILES string of the molecule is Cc1ccccc1-c1cc(-c2ccncc2)c(C#N)c(N)n1. The molecule has 3 rings (SSSR count). The maximum Gasteiger partial charge on any atom is 0.142 e. The number of nitrogens with zero attached hydrogens (tertiary/aromatic N) is 3. The van der Waals surface area contributed by atoms with Gasteiger partial charge in [-0.15, -0.1) is 0 Å². The third kappa shape index (κ3) is 2.40. The van der Waals surface area contributed by atoms with Crippen LogP contribution >= 0.6 is 0 Å². The summed E-state index contributed by atoms with van der Waals surface area (Å²) in [5, 5.41) is 9.39. The van der Waals surface area contributed by atoms with Gasteiger partial charge < -0.3 is 5.73 Å². The van der Waals surface area contributed by atoms with Crippen molar-refractivity contribution in [3.63, 3.8) is 0 Å². The molecule has 0 amide bonds. The molecular formula is C18H14N4. The molecule has 0 aliphatic heterocycles. The quantitative estimate of drug-likeness (QED) is 0.781. The largest absolute Gasteiger partial charge is 0.383 e. The Kier molecular flexibility index (Phi) is 3.55. The van der Waals surface area contributed by atoms with Crippen LogP contribution in [0.2, 0.25) is 0 Å². The summed E-state index contributed by atoms with van der Waals surface area (Å²) in [6.07, 6.45) is 3.39. The maximum atomic E-state index is 9.39. The summed E-state index contributed by atoms with van der Waals surface area (Å²) < 4.78 is 0. The van der Waals surface area contributed by atoms with Crippen molar-refractivity contribution in [3.05, 3.63) is 66.0 Å². The van der Waals surface area contributed by atoms with E-state index in [9.17, 15) is 5.26 Å². The van der Waals surface area contributed by atoms with Crippen molar-refractivity contribution in [1.82, 2.24) is 9.97 Å². The average molecular weight is 286 g/mol. The van der Waals surface area contributed by atoms with Gasteiger partial charge >= 0.3 is 0 Å². The minimum Gasteiger partial charge on any atom is -0.383 e. The first-order valence-electron chi connectivity index (χ1n) is 6.87. The summed E-state index contributed by atoms with van der Waals surface area (Å²) in [5.41, 5.74) is 11.0. The van der Waals surface area contributed by atoms with Gasteiger partial charge in [0.25, 0.3) is 0 Å². The topological polar surface area (TPSA) is 75.6 Å². The first-order chi connectivity index (χ1) is 10.7. The number of pyridine rings is 2. The van der Waals surface area contributed by atoms with E-state index >= 15 is 0 Å². The Morgan fingerprint density at radius 1 is 1.05 bits per heavy atom. The monoisotopic (exact) mass is 286 g/mol. The molecule has 3 aromatic rings. The summed E-state index contributed by atoms with van der Waals surface area (Å²) in [4.78, 5) is 8.41. The van der Waals surface area contributed by atoms with Crippen LogP contribution < -0.4 is 5.73 Å². The number of nitrogen functional groups attached to an aromatic ring is 1. The number of rotatable bonds is 2. The second-order valence-electron chi connectivity index (χ2n) is 4.98. The normalized spacial score (nSPS) is 10.2. The van der Waals surface area contributed by atoms with Gasteiger partial charge in [0.05, 0.1) is 5.69 Å². The lowest BCUT2D eigenvalue weighted by atomic mass is 9.98. The summed E-state index contributed by atoms with van der Waals surface area (Å²) in [6, 6.07) is 15.7. The first-order valence-corrected chi connectivity index (χ1v) is 6.87. The molecule has 2 aromatic heterocycles.